The van der Waals surface area contributed by atoms with E-state index in [2.05, 4.69) is 6.92 Å². The molecule has 0 saturated carbocycles. The van der Waals surface area contributed by atoms with E-state index in [4.69, 9.17) is 11.6 Å². The maximum Gasteiger partial charge on any atom is 0.0746 e. The Morgan fingerprint density at radius 2 is 1.86 bits per heavy atom. The third-order valence-electron chi connectivity index (χ3n) is 1.88. The molecule has 0 aliphatic carbocycles. The number of nitrogens with zero attached hydrogens (tertiary/aromatic N) is 1. The standard InChI is InChI=1S/C9H15N3.C2H6/c1-3-7-4-5-8(10)9(6-7)12(2)11;1-2/h4-6H,3,10-11H2,1-2H3;1-2H3. The Kier molecular flexibility index (Phi) is 5.72. The third kappa shape index (κ3) is 3.26. The second-order valence-corrected chi connectivity index (χ2v) is 2.86. The van der Waals surface area contributed by atoms with Crippen LogP contribution in [0.2, 0.25) is 0 Å². The summed E-state index contributed by atoms with van der Waals surface area (Å²) in [4.78, 5) is 0. The van der Waals surface area contributed by atoms with E-state index in [1.165, 1.54) is 10.6 Å². The first-order valence-electron chi connectivity index (χ1n) is 5.02. The number of aryl methyl sites for hydroxylation is 1. The summed E-state index contributed by atoms with van der Waals surface area (Å²) in [6, 6.07) is 5.91. The van der Waals surface area contributed by atoms with Crippen LogP contribution in [0.25, 0.3) is 0 Å². The van der Waals surface area contributed by atoms with Crippen LogP contribution in [-0.4, -0.2) is 7.05 Å². The van der Waals surface area contributed by atoms with E-state index in [1.807, 2.05) is 32.0 Å². The summed E-state index contributed by atoms with van der Waals surface area (Å²) in [5, 5.41) is 1.54. The van der Waals surface area contributed by atoms with Gasteiger partial charge in [0.2, 0.25) is 0 Å². The number of nitrogen functional groups attached to an aromatic ring is 1. The van der Waals surface area contributed by atoms with E-state index < -0.39 is 0 Å². The van der Waals surface area contributed by atoms with Crippen LogP contribution >= 0.6 is 0 Å². The summed E-state index contributed by atoms with van der Waals surface area (Å²) in [5.41, 5.74) is 8.57. The minimum absolute atomic E-state index is 0.720. The van der Waals surface area contributed by atoms with Gasteiger partial charge in [-0.05, 0) is 24.1 Å². The lowest BCUT2D eigenvalue weighted by atomic mass is 10.1. The van der Waals surface area contributed by atoms with Crippen LogP contribution in [0.3, 0.4) is 0 Å². The molecule has 80 valence electrons. The van der Waals surface area contributed by atoms with Crippen molar-refractivity contribution < 1.29 is 0 Å². The van der Waals surface area contributed by atoms with Crippen LogP contribution in [0.15, 0.2) is 18.2 Å². The highest BCUT2D eigenvalue weighted by Crippen LogP contribution is 2.21. The predicted octanol–water partition coefficient (Wildman–Crippen LogP) is 2.17. The van der Waals surface area contributed by atoms with E-state index in [0.717, 1.165) is 17.8 Å². The number of hydrogen-bond donors (Lipinski definition) is 2. The summed E-state index contributed by atoms with van der Waals surface area (Å²) in [7, 11) is 1.78. The van der Waals surface area contributed by atoms with Crippen molar-refractivity contribution >= 4 is 11.4 Å². The SMILES string of the molecule is CC.CCc1ccc(N)c(N(C)N)c1. The summed E-state index contributed by atoms with van der Waals surface area (Å²) < 4.78 is 0. The molecule has 0 bridgehead atoms. The Hall–Kier alpha value is -1.22. The molecule has 3 nitrogen and oxygen atoms in total. The molecule has 0 heterocycles. The summed E-state index contributed by atoms with van der Waals surface area (Å²) >= 11 is 0. The zero-order valence-corrected chi connectivity index (χ0v) is 9.54. The monoisotopic (exact) mass is 195 g/mol. The van der Waals surface area contributed by atoms with Crippen molar-refractivity contribution in [3.63, 3.8) is 0 Å². The van der Waals surface area contributed by atoms with Gasteiger partial charge in [0.15, 0.2) is 0 Å². The average Bonchev–Trinajstić information content (AvgIpc) is 2.21. The fourth-order valence-electron chi connectivity index (χ4n) is 1.11. The van der Waals surface area contributed by atoms with Crippen LogP contribution in [-0.2, 0) is 6.42 Å². The van der Waals surface area contributed by atoms with Crippen molar-refractivity contribution in [2.75, 3.05) is 17.8 Å². The smallest absolute Gasteiger partial charge is 0.0746 e. The number of hydrogen-bond acceptors (Lipinski definition) is 3. The van der Waals surface area contributed by atoms with E-state index in [9.17, 15) is 0 Å². The first-order chi connectivity index (χ1) is 6.65. The Morgan fingerprint density at radius 3 is 2.29 bits per heavy atom. The van der Waals surface area contributed by atoms with Gasteiger partial charge in [-0.25, -0.2) is 5.84 Å². The third-order valence-corrected chi connectivity index (χ3v) is 1.88. The highest BCUT2D eigenvalue weighted by Gasteiger charge is 2.01. The first-order valence-corrected chi connectivity index (χ1v) is 5.02. The van der Waals surface area contributed by atoms with Crippen molar-refractivity contribution in [3.8, 4) is 0 Å². The molecule has 3 heteroatoms. The minimum Gasteiger partial charge on any atom is -0.397 e. The number of hydrazine groups is 1. The molecule has 1 rings (SSSR count). The lowest BCUT2D eigenvalue weighted by molar-refractivity contribution is 1.01. The molecule has 0 amide bonds. The molecule has 0 fully saturated rings. The molecule has 0 spiro atoms. The van der Waals surface area contributed by atoms with Crippen molar-refractivity contribution in [1.82, 2.24) is 0 Å². The van der Waals surface area contributed by atoms with Crippen molar-refractivity contribution in [3.05, 3.63) is 23.8 Å². The molecule has 0 aliphatic heterocycles. The molecule has 0 atom stereocenters. The van der Waals surface area contributed by atoms with Gasteiger partial charge < -0.3 is 10.7 Å². The number of anilines is 2. The van der Waals surface area contributed by atoms with Crippen molar-refractivity contribution in [2.45, 2.75) is 27.2 Å². The molecule has 0 saturated heterocycles. The van der Waals surface area contributed by atoms with Crippen LogP contribution in [0.5, 0.6) is 0 Å². The van der Waals surface area contributed by atoms with Gasteiger partial charge in [-0.1, -0.05) is 26.8 Å². The quantitative estimate of drug-likeness (QED) is 0.432. The number of nitrogens with two attached hydrogens (primary N) is 2. The second-order valence-electron chi connectivity index (χ2n) is 2.86. The van der Waals surface area contributed by atoms with Gasteiger partial charge in [0.1, 0.15) is 0 Å². The normalized spacial score (nSPS) is 8.93. The topological polar surface area (TPSA) is 55.3 Å². The van der Waals surface area contributed by atoms with Gasteiger partial charge in [0.05, 0.1) is 11.4 Å². The maximum absolute atomic E-state index is 5.72. The van der Waals surface area contributed by atoms with Gasteiger partial charge >= 0.3 is 0 Å². The van der Waals surface area contributed by atoms with Gasteiger partial charge in [-0.2, -0.15) is 0 Å². The summed E-state index contributed by atoms with van der Waals surface area (Å²) in [6.45, 7) is 6.10. The Balaban J connectivity index is 0.000000791. The fraction of sp³-hybridized carbons (Fsp3) is 0.455. The van der Waals surface area contributed by atoms with Crippen molar-refractivity contribution in [2.24, 2.45) is 5.84 Å². The molecule has 1 aromatic carbocycles. The molecule has 0 aliphatic rings. The average molecular weight is 195 g/mol. The van der Waals surface area contributed by atoms with E-state index in [0.29, 0.717) is 0 Å². The van der Waals surface area contributed by atoms with Crippen molar-refractivity contribution in [1.29, 1.82) is 0 Å². The first kappa shape index (κ1) is 12.8. The van der Waals surface area contributed by atoms with E-state index >= 15 is 0 Å². The molecular weight excluding hydrogens is 174 g/mol. The van der Waals surface area contributed by atoms with E-state index in [1.54, 1.807) is 7.05 Å². The summed E-state index contributed by atoms with van der Waals surface area (Å²) in [6.07, 6.45) is 1.00. The highest BCUT2D eigenvalue weighted by atomic mass is 15.4. The maximum atomic E-state index is 5.72. The Morgan fingerprint density at radius 1 is 1.29 bits per heavy atom. The Labute approximate surface area is 86.7 Å². The number of benzene rings is 1. The Bertz CT molecular complexity index is 269. The predicted molar refractivity (Wildman–Crippen MR) is 64.2 cm³/mol. The van der Waals surface area contributed by atoms with Crippen LogP contribution in [0, 0.1) is 0 Å². The van der Waals surface area contributed by atoms with Gasteiger partial charge in [0, 0.05) is 7.05 Å². The lowest BCUT2D eigenvalue weighted by Gasteiger charge is -2.15. The minimum atomic E-state index is 0.720. The molecule has 0 radical (unpaired) electrons. The molecular formula is C11H21N3. The molecule has 1 aromatic rings. The van der Waals surface area contributed by atoms with Gasteiger partial charge in [-0.15, -0.1) is 0 Å². The zero-order valence-electron chi connectivity index (χ0n) is 9.54. The zero-order chi connectivity index (χ0) is 11.1. The lowest BCUT2D eigenvalue weighted by Crippen LogP contribution is -2.26. The molecule has 0 unspecified atom stereocenters. The van der Waals surface area contributed by atoms with Crippen LogP contribution in [0.4, 0.5) is 11.4 Å². The van der Waals surface area contributed by atoms with Crippen LogP contribution < -0.4 is 16.6 Å². The highest BCUT2D eigenvalue weighted by molar-refractivity contribution is 5.67. The molecule has 4 N–H and O–H groups in total. The van der Waals surface area contributed by atoms with Crippen LogP contribution in [0.1, 0.15) is 26.3 Å². The fourth-order valence-corrected chi connectivity index (χ4v) is 1.11. The molecule has 0 aromatic heterocycles. The van der Waals surface area contributed by atoms with E-state index in [-0.39, 0.29) is 0 Å². The summed E-state index contributed by atoms with van der Waals surface area (Å²) in [5.74, 6) is 5.59. The van der Waals surface area contributed by atoms with Gasteiger partial charge in [-0.3, -0.25) is 0 Å². The molecule has 14 heavy (non-hydrogen) atoms. The number of rotatable bonds is 2. The second kappa shape index (κ2) is 6.27. The van der Waals surface area contributed by atoms with Gasteiger partial charge in [0.25, 0.3) is 0 Å². The largest absolute Gasteiger partial charge is 0.397 e.